The molecule has 1 atom stereocenters. The Bertz CT molecular complexity index is 352. The van der Waals surface area contributed by atoms with Gasteiger partial charge in [0, 0.05) is 18.2 Å². The van der Waals surface area contributed by atoms with Crippen molar-refractivity contribution in [2.24, 2.45) is 5.73 Å². The Kier molecular flexibility index (Phi) is 6.00. The third-order valence-electron chi connectivity index (χ3n) is 2.40. The Morgan fingerprint density at radius 2 is 2.00 bits per heavy atom. The molecule has 0 saturated carbocycles. The molecule has 1 unspecified atom stereocenters. The number of non-ortho nitro benzene ring substituents is 1. The summed E-state index contributed by atoms with van der Waals surface area (Å²) in [6, 6.07) is 7.03. The van der Waals surface area contributed by atoms with E-state index in [1.54, 1.807) is 12.1 Å². The number of hydrogen-bond donors (Lipinski definition) is 1. The summed E-state index contributed by atoms with van der Waals surface area (Å²) in [7, 11) is 0. The number of nitro benzene ring substituents is 1. The SMILES string of the molecule is CC(N)CCSCCc1ccc([N+](=O)[O-])cc1. The second-order valence-corrected chi connectivity index (χ2v) is 5.28. The van der Waals surface area contributed by atoms with Gasteiger partial charge in [-0.15, -0.1) is 0 Å². The lowest BCUT2D eigenvalue weighted by Gasteiger charge is -2.04. The molecule has 0 fully saturated rings. The molecule has 0 heterocycles. The van der Waals surface area contributed by atoms with Crippen molar-refractivity contribution in [1.82, 2.24) is 0 Å². The summed E-state index contributed by atoms with van der Waals surface area (Å²) in [6.07, 6.45) is 1.98. The highest BCUT2D eigenvalue weighted by Gasteiger charge is 2.03. The number of nitrogens with two attached hydrogens (primary N) is 1. The van der Waals surface area contributed by atoms with E-state index in [0.717, 1.165) is 29.9 Å². The van der Waals surface area contributed by atoms with Crippen LogP contribution < -0.4 is 5.73 Å². The van der Waals surface area contributed by atoms with Crippen molar-refractivity contribution in [2.75, 3.05) is 11.5 Å². The van der Waals surface area contributed by atoms with E-state index in [9.17, 15) is 10.1 Å². The van der Waals surface area contributed by atoms with E-state index < -0.39 is 0 Å². The molecule has 4 nitrogen and oxygen atoms in total. The van der Waals surface area contributed by atoms with Gasteiger partial charge in [0.2, 0.25) is 0 Å². The average Bonchev–Trinajstić information content (AvgIpc) is 2.29. The first-order chi connectivity index (χ1) is 8.09. The highest BCUT2D eigenvalue weighted by Crippen LogP contribution is 2.14. The predicted molar refractivity (Wildman–Crippen MR) is 72.4 cm³/mol. The number of nitro groups is 1. The summed E-state index contributed by atoms with van der Waals surface area (Å²) >= 11 is 1.87. The topological polar surface area (TPSA) is 69.2 Å². The molecule has 0 spiro atoms. The maximum Gasteiger partial charge on any atom is 0.269 e. The highest BCUT2D eigenvalue weighted by atomic mass is 32.2. The second kappa shape index (κ2) is 7.29. The van der Waals surface area contributed by atoms with E-state index in [4.69, 9.17) is 5.73 Å². The largest absolute Gasteiger partial charge is 0.328 e. The van der Waals surface area contributed by atoms with Crippen molar-refractivity contribution in [3.8, 4) is 0 Å². The maximum absolute atomic E-state index is 10.5. The fourth-order valence-electron chi connectivity index (χ4n) is 1.35. The molecule has 1 aromatic carbocycles. The molecule has 5 heteroatoms. The minimum atomic E-state index is -0.374. The van der Waals surface area contributed by atoms with E-state index in [1.807, 2.05) is 30.8 Å². The molecule has 0 bridgehead atoms. The fraction of sp³-hybridized carbons (Fsp3) is 0.500. The van der Waals surface area contributed by atoms with Crippen LogP contribution in [0.2, 0.25) is 0 Å². The van der Waals surface area contributed by atoms with E-state index in [-0.39, 0.29) is 16.7 Å². The summed E-state index contributed by atoms with van der Waals surface area (Å²) < 4.78 is 0. The summed E-state index contributed by atoms with van der Waals surface area (Å²) in [5, 5.41) is 10.5. The molecular formula is C12H18N2O2S. The first-order valence-corrected chi connectivity index (χ1v) is 6.81. The van der Waals surface area contributed by atoms with Gasteiger partial charge >= 0.3 is 0 Å². The standard InChI is InChI=1S/C12H18N2O2S/c1-10(13)6-8-17-9-7-11-2-4-12(5-3-11)14(15)16/h2-5,10H,6-9,13H2,1H3. The van der Waals surface area contributed by atoms with Crippen LogP contribution in [0.1, 0.15) is 18.9 Å². The average molecular weight is 254 g/mol. The molecule has 2 N–H and O–H groups in total. The molecule has 1 aromatic rings. The Balaban J connectivity index is 2.25. The normalized spacial score (nSPS) is 12.4. The Morgan fingerprint density at radius 1 is 1.35 bits per heavy atom. The Morgan fingerprint density at radius 3 is 2.53 bits per heavy atom. The van der Waals surface area contributed by atoms with Gasteiger partial charge in [0.1, 0.15) is 0 Å². The lowest BCUT2D eigenvalue weighted by atomic mass is 10.1. The summed E-state index contributed by atoms with van der Waals surface area (Å²) in [4.78, 5) is 10.1. The molecule has 17 heavy (non-hydrogen) atoms. The van der Waals surface area contributed by atoms with Gasteiger partial charge in [-0.1, -0.05) is 12.1 Å². The molecule has 94 valence electrons. The first-order valence-electron chi connectivity index (χ1n) is 5.66. The lowest BCUT2D eigenvalue weighted by molar-refractivity contribution is -0.384. The molecule has 0 aliphatic heterocycles. The molecule has 0 radical (unpaired) electrons. The lowest BCUT2D eigenvalue weighted by Crippen LogP contribution is -2.15. The van der Waals surface area contributed by atoms with E-state index in [0.29, 0.717) is 0 Å². The number of nitrogens with zero attached hydrogens (tertiary/aromatic N) is 1. The number of thioether (sulfide) groups is 1. The van der Waals surface area contributed by atoms with Crippen LogP contribution in [0, 0.1) is 10.1 Å². The summed E-state index contributed by atoms with van der Waals surface area (Å²) in [5.74, 6) is 2.11. The fourth-order valence-corrected chi connectivity index (χ4v) is 2.47. The van der Waals surface area contributed by atoms with E-state index in [1.165, 1.54) is 0 Å². The zero-order valence-corrected chi connectivity index (χ0v) is 10.8. The highest BCUT2D eigenvalue weighted by molar-refractivity contribution is 7.99. The maximum atomic E-state index is 10.5. The molecular weight excluding hydrogens is 236 g/mol. The summed E-state index contributed by atoms with van der Waals surface area (Å²) in [6.45, 7) is 2.01. The number of hydrogen-bond acceptors (Lipinski definition) is 4. The van der Waals surface area contributed by atoms with Gasteiger partial charge in [-0.05, 0) is 36.8 Å². The van der Waals surface area contributed by atoms with Gasteiger partial charge in [0.15, 0.2) is 0 Å². The van der Waals surface area contributed by atoms with Crippen molar-refractivity contribution in [1.29, 1.82) is 0 Å². The van der Waals surface area contributed by atoms with Gasteiger partial charge in [-0.2, -0.15) is 11.8 Å². The summed E-state index contributed by atoms with van der Waals surface area (Å²) in [5.41, 5.74) is 6.95. The van der Waals surface area contributed by atoms with E-state index in [2.05, 4.69) is 0 Å². The van der Waals surface area contributed by atoms with E-state index >= 15 is 0 Å². The van der Waals surface area contributed by atoms with Crippen LogP contribution in [0.25, 0.3) is 0 Å². The monoisotopic (exact) mass is 254 g/mol. The third-order valence-corrected chi connectivity index (χ3v) is 3.42. The number of benzene rings is 1. The van der Waals surface area contributed by atoms with Crippen LogP contribution in [0.5, 0.6) is 0 Å². The second-order valence-electron chi connectivity index (χ2n) is 4.05. The molecule has 0 amide bonds. The van der Waals surface area contributed by atoms with Gasteiger partial charge in [0.25, 0.3) is 5.69 Å². The van der Waals surface area contributed by atoms with Gasteiger partial charge in [0.05, 0.1) is 4.92 Å². The number of aryl methyl sites for hydroxylation is 1. The minimum absolute atomic E-state index is 0.151. The van der Waals surface area contributed by atoms with Gasteiger partial charge in [-0.3, -0.25) is 10.1 Å². The first kappa shape index (κ1) is 14.0. The molecule has 0 aliphatic carbocycles. The molecule has 0 aromatic heterocycles. The van der Waals surface area contributed by atoms with Crippen molar-refractivity contribution in [3.05, 3.63) is 39.9 Å². The zero-order valence-electron chi connectivity index (χ0n) is 9.96. The quantitative estimate of drug-likeness (QED) is 0.461. The zero-order chi connectivity index (χ0) is 12.7. The van der Waals surface area contributed by atoms with Crippen molar-refractivity contribution < 1.29 is 4.92 Å². The van der Waals surface area contributed by atoms with Crippen LogP contribution in [0.15, 0.2) is 24.3 Å². The molecule has 0 aliphatic rings. The van der Waals surface area contributed by atoms with Crippen LogP contribution >= 0.6 is 11.8 Å². The van der Waals surface area contributed by atoms with Gasteiger partial charge in [-0.25, -0.2) is 0 Å². The predicted octanol–water partition coefficient (Wildman–Crippen LogP) is 2.61. The van der Waals surface area contributed by atoms with Crippen molar-refractivity contribution in [3.63, 3.8) is 0 Å². The van der Waals surface area contributed by atoms with Crippen molar-refractivity contribution >= 4 is 17.4 Å². The van der Waals surface area contributed by atoms with Crippen molar-refractivity contribution in [2.45, 2.75) is 25.8 Å². The number of rotatable bonds is 7. The Hall–Kier alpha value is -1.07. The van der Waals surface area contributed by atoms with Crippen LogP contribution in [-0.4, -0.2) is 22.5 Å². The molecule has 0 saturated heterocycles. The van der Waals surface area contributed by atoms with Crippen LogP contribution in [0.3, 0.4) is 0 Å². The van der Waals surface area contributed by atoms with Gasteiger partial charge < -0.3 is 5.73 Å². The Labute approximate surface area is 106 Å². The minimum Gasteiger partial charge on any atom is -0.328 e. The smallest absolute Gasteiger partial charge is 0.269 e. The van der Waals surface area contributed by atoms with Crippen LogP contribution in [0.4, 0.5) is 5.69 Å². The molecule has 1 rings (SSSR count). The third kappa shape index (κ3) is 5.70. The van der Waals surface area contributed by atoms with Crippen LogP contribution in [-0.2, 0) is 6.42 Å².